The molecular weight excluding hydrogens is 220 g/mol. The molecule has 0 saturated carbocycles. The minimum absolute atomic E-state index is 0.415. The first-order chi connectivity index (χ1) is 8.62. The van der Waals surface area contributed by atoms with Gasteiger partial charge in [0.1, 0.15) is 0 Å². The van der Waals surface area contributed by atoms with Gasteiger partial charge in [-0.1, -0.05) is 52.4 Å². The zero-order valence-electron chi connectivity index (χ0n) is 12.9. The molecule has 1 heterocycles. The third-order valence-electron chi connectivity index (χ3n) is 4.63. The lowest BCUT2D eigenvalue weighted by Crippen LogP contribution is -2.46. The van der Waals surface area contributed by atoms with E-state index in [9.17, 15) is 0 Å². The normalized spacial score (nSPS) is 24.3. The number of nitrogens with two attached hydrogens (primary N) is 1. The average molecular weight is 254 g/mol. The van der Waals surface area contributed by atoms with Gasteiger partial charge in [-0.2, -0.15) is 0 Å². The Hall–Kier alpha value is -0.0800. The van der Waals surface area contributed by atoms with Gasteiger partial charge in [0.2, 0.25) is 0 Å². The number of rotatable bonds is 9. The van der Waals surface area contributed by atoms with E-state index in [1.54, 1.807) is 0 Å². The maximum Gasteiger partial charge on any atom is 0.0182 e. The molecule has 0 spiro atoms. The highest BCUT2D eigenvalue weighted by Crippen LogP contribution is 2.31. The molecular formula is C16H34N2. The van der Waals surface area contributed by atoms with E-state index >= 15 is 0 Å². The van der Waals surface area contributed by atoms with Gasteiger partial charge in [-0.15, -0.1) is 0 Å². The molecule has 0 amide bonds. The summed E-state index contributed by atoms with van der Waals surface area (Å²) in [5, 5.41) is 0. The Bertz CT molecular complexity index is 217. The van der Waals surface area contributed by atoms with Gasteiger partial charge in [0.25, 0.3) is 0 Å². The van der Waals surface area contributed by atoms with Gasteiger partial charge in [-0.25, -0.2) is 0 Å². The van der Waals surface area contributed by atoms with E-state index in [0.717, 1.165) is 6.54 Å². The monoisotopic (exact) mass is 254 g/mol. The standard InChI is InChI=1S/C16H34N2/c1-4-6-8-9-12-16(3,11-7-5-2)18-13-10-15(17)14-18/h15H,4-14,17H2,1-3H3. The first-order valence-corrected chi connectivity index (χ1v) is 8.13. The van der Waals surface area contributed by atoms with Crippen LogP contribution in [0.3, 0.4) is 0 Å². The van der Waals surface area contributed by atoms with Crippen molar-refractivity contribution >= 4 is 0 Å². The van der Waals surface area contributed by atoms with Crippen molar-refractivity contribution in [3.05, 3.63) is 0 Å². The first-order valence-electron chi connectivity index (χ1n) is 8.13. The molecule has 2 N–H and O–H groups in total. The zero-order chi connectivity index (χ0) is 13.4. The minimum Gasteiger partial charge on any atom is -0.326 e. The molecule has 18 heavy (non-hydrogen) atoms. The second kappa shape index (κ2) is 8.16. The third kappa shape index (κ3) is 4.89. The third-order valence-corrected chi connectivity index (χ3v) is 4.63. The summed E-state index contributed by atoms with van der Waals surface area (Å²) in [6.45, 7) is 9.40. The first kappa shape index (κ1) is 16.0. The van der Waals surface area contributed by atoms with E-state index in [1.165, 1.54) is 64.3 Å². The van der Waals surface area contributed by atoms with Crippen LogP contribution < -0.4 is 5.73 Å². The SMILES string of the molecule is CCCCCCC(C)(CCCC)N1CCC(N)C1. The number of likely N-dealkylation sites (tertiary alicyclic amines) is 1. The fraction of sp³-hybridized carbons (Fsp3) is 1.00. The topological polar surface area (TPSA) is 29.3 Å². The van der Waals surface area contributed by atoms with Gasteiger partial charge in [0.05, 0.1) is 0 Å². The highest BCUT2D eigenvalue weighted by atomic mass is 15.2. The lowest BCUT2D eigenvalue weighted by atomic mass is 9.87. The molecule has 1 rings (SSSR count). The van der Waals surface area contributed by atoms with Crippen molar-refractivity contribution in [3.8, 4) is 0 Å². The summed E-state index contributed by atoms with van der Waals surface area (Å²) in [5.74, 6) is 0. The van der Waals surface area contributed by atoms with E-state index in [1.807, 2.05) is 0 Å². The van der Waals surface area contributed by atoms with Crippen LogP contribution >= 0.6 is 0 Å². The van der Waals surface area contributed by atoms with E-state index in [0.29, 0.717) is 11.6 Å². The van der Waals surface area contributed by atoms with Crippen LogP contribution in [0, 0.1) is 0 Å². The van der Waals surface area contributed by atoms with Crippen molar-refractivity contribution < 1.29 is 0 Å². The molecule has 1 aliphatic heterocycles. The summed E-state index contributed by atoms with van der Waals surface area (Å²) in [6, 6.07) is 0.418. The quantitative estimate of drug-likeness (QED) is 0.632. The Balaban J connectivity index is 2.45. The van der Waals surface area contributed by atoms with Gasteiger partial charge in [0.15, 0.2) is 0 Å². The van der Waals surface area contributed by atoms with Gasteiger partial charge < -0.3 is 5.73 Å². The van der Waals surface area contributed by atoms with E-state index < -0.39 is 0 Å². The molecule has 0 aliphatic carbocycles. The van der Waals surface area contributed by atoms with E-state index in [2.05, 4.69) is 25.7 Å². The largest absolute Gasteiger partial charge is 0.326 e. The van der Waals surface area contributed by atoms with Crippen LogP contribution in [0.15, 0.2) is 0 Å². The Morgan fingerprint density at radius 3 is 2.28 bits per heavy atom. The highest BCUT2D eigenvalue weighted by molar-refractivity contribution is 4.92. The van der Waals surface area contributed by atoms with Crippen LogP contribution in [0.5, 0.6) is 0 Å². The summed E-state index contributed by atoms with van der Waals surface area (Å²) < 4.78 is 0. The summed E-state index contributed by atoms with van der Waals surface area (Å²) >= 11 is 0. The molecule has 108 valence electrons. The summed E-state index contributed by atoms with van der Waals surface area (Å²) in [5.41, 5.74) is 6.50. The second-order valence-electron chi connectivity index (χ2n) is 6.41. The minimum atomic E-state index is 0.415. The molecule has 0 bridgehead atoms. The molecule has 2 nitrogen and oxygen atoms in total. The van der Waals surface area contributed by atoms with Crippen LogP contribution in [0.1, 0.15) is 78.6 Å². The van der Waals surface area contributed by atoms with E-state index in [-0.39, 0.29) is 0 Å². The molecule has 2 unspecified atom stereocenters. The molecule has 0 radical (unpaired) electrons. The molecule has 1 saturated heterocycles. The zero-order valence-corrected chi connectivity index (χ0v) is 12.9. The molecule has 2 atom stereocenters. The smallest absolute Gasteiger partial charge is 0.0182 e. The molecule has 2 heteroatoms. The van der Waals surface area contributed by atoms with Gasteiger partial charge in [-0.05, 0) is 26.2 Å². The number of hydrogen-bond donors (Lipinski definition) is 1. The van der Waals surface area contributed by atoms with Crippen molar-refractivity contribution in [2.75, 3.05) is 13.1 Å². The highest BCUT2D eigenvalue weighted by Gasteiger charge is 2.34. The predicted molar refractivity (Wildman–Crippen MR) is 80.9 cm³/mol. The van der Waals surface area contributed by atoms with Crippen molar-refractivity contribution in [2.24, 2.45) is 5.73 Å². The molecule has 0 aromatic rings. The van der Waals surface area contributed by atoms with Crippen LogP contribution in [0.4, 0.5) is 0 Å². The number of nitrogens with zero attached hydrogens (tertiary/aromatic N) is 1. The van der Waals surface area contributed by atoms with Crippen molar-refractivity contribution in [1.82, 2.24) is 4.90 Å². The Morgan fingerprint density at radius 2 is 1.72 bits per heavy atom. The average Bonchev–Trinajstić information content (AvgIpc) is 2.80. The van der Waals surface area contributed by atoms with Crippen molar-refractivity contribution in [1.29, 1.82) is 0 Å². The number of hydrogen-bond acceptors (Lipinski definition) is 2. The Morgan fingerprint density at radius 1 is 1.06 bits per heavy atom. The lowest BCUT2D eigenvalue weighted by molar-refractivity contribution is 0.106. The summed E-state index contributed by atoms with van der Waals surface area (Å²) in [4.78, 5) is 2.68. The molecule has 1 aliphatic rings. The van der Waals surface area contributed by atoms with Gasteiger partial charge >= 0.3 is 0 Å². The fourth-order valence-corrected chi connectivity index (χ4v) is 3.21. The fourth-order valence-electron chi connectivity index (χ4n) is 3.21. The van der Waals surface area contributed by atoms with Crippen molar-refractivity contribution in [3.63, 3.8) is 0 Å². The Kier molecular flexibility index (Phi) is 7.25. The Labute approximate surface area is 114 Å². The van der Waals surface area contributed by atoms with Gasteiger partial charge in [-0.3, -0.25) is 4.90 Å². The number of unbranched alkanes of at least 4 members (excludes halogenated alkanes) is 4. The lowest BCUT2D eigenvalue weighted by Gasteiger charge is -2.39. The van der Waals surface area contributed by atoms with E-state index in [4.69, 9.17) is 5.73 Å². The van der Waals surface area contributed by atoms with Crippen LogP contribution in [0.25, 0.3) is 0 Å². The van der Waals surface area contributed by atoms with Crippen LogP contribution in [0.2, 0.25) is 0 Å². The van der Waals surface area contributed by atoms with Crippen molar-refractivity contribution in [2.45, 2.75) is 90.1 Å². The summed E-state index contributed by atoms with van der Waals surface area (Å²) in [6.07, 6.45) is 12.1. The second-order valence-corrected chi connectivity index (χ2v) is 6.41. The predicted octanol–water partition coefficient (Wildman–Crippen LogP) is 3.94. The maximum atomic E-state index is 6.09. The molecule has 0 aromatic heterocycles. The van der Waals surface area contributed by atoms with Gasteiger partial charge in [0, 0.05) is 24.7 Å². The summed E-state index contributed by atoms with van der Waals surface area (Å²) in [7, 11) is 0. The van der Waals surface area contributed by atoms with Crippen LogP contribution in [-0.4, -0.2) is 29.6 Å². The van der Waals surface area contributed by atoms with Crippen LogP contribution in [-0.2, 0) is 0 Å². The maximum absolute atomic E-state index is 6.09. The molecule has 1 fully saturated rings. The molecule has 0 aromatic carbocycles.